The van der Waals surface area contributed by atoms with E-state index in [0.29, 0.717) is 12.8 Å². The van der Waals surface area contributed by atoms with Gasteiger partial charge in [0.15, 0.2) is 9.84 Å². The standard InChI is InChI=1S/C32H53N5O7S.C5H12/c1-7-8-12-22(26(39)28(41)34-20-13-14-20)35-27(40)25-24-21(31(24,5)6)18-37(25)23(38)17-33-29(42)36-32(15-10-9-11-16-32)19-45(43,44)30(2,3)4;1-5(2,3)4/h20-22,24-25H,7-19H2,1-6H3,(H,34,41)(H,35,40)(H2,33,36,42);1-4H3/t21-,22-,24-,25-;/m0./s1/i9D2,10D2,11D2,15D2,16D2;1D3,2D3,3D3. The van der Waals surface area contributed by atoms with E-state index in [0.717, 1.165) is 19.8 Å². The van der Waals surface area contributed by atoms with E-state index in [9.17, 15) is 32.4 Å². The van der Waals surface area contributed by atoms with E-state index < -0.39 is 132 Å². The topological polar surface area (TPSA) is 171 Å². The van der Waals surface area contributed by atoms with Gasteiger partial charge in [0.2, 0.25) is 17.6 Å². The second-order valence-corrected chi connectivity index (χ2v) is 17.8. The van der Waals surface area contributed by atoms with Crippen molar-refractivity contribution in [1.29, 1.82) is 0 Å². The molecule has 5 amide bonds. The van der Waals surface area contributed by atoms with Crippen LogP contribution in [0, 0.1) is 22.7 Å². The number of hydrogen-bond acceptors (Lipinski definition) is 7. The van der Waals surface area contributed by atoms with E-state index in [4.69, 9.17) is 26.0 Å². The first-order valence-corrected chi connectivity index (χ1v) is 18.3. The van der Waals surface area contributed by atoms with E-state index in [1.165, 1.54) is 25.7 Å². The average Bonchev–Trinajstić information content (AvgIpc) is 4.02. The molecule has 1 saturated heterocycles. The molecule has 4 fully saturated rings. The second-order valence-electron chi connectivity index (χ2n) is 15.1. The molecule has 0 radical (unpaired) electrons. The molecule has 1 heterocycles. The van der Waals surface area contributed by atoms with Crippen LogP contribution < -0.4 is 21.3 Å². The van der Waals surface area contributed by atoms with Crippen LogP contribution in [0.2, 0.25) is 0 Å². The number of amides is 5. The number of hydrogen-bond donors (Lipinski definition) is 4. The molecule has 0 aromatic rings. The van der Waals surface area contributed by atoms with Crippen molar-refractivity contribution in [3.8, 4) is 0 Å². The second kappa shape index (κ2) is 15.9. The molecule has 0 aromatic carbocycles. The summed E-state index contributed by atoms with van der Waals surface area (Å²) in [5.74, 6) is -5.41. The molecule has 0 unspecified atom stereocenters. The number of sulfone groups is 1. The smallest absolute Gasteiger partial charge is 0.315 e. The molecule has 0 bridgehead atoms. The van der Waals surface area contributed by atoms with E-state index in [1.54, 1.807) is 0 Å². The molecule has 4 atom stereocenters. The van der Waals surface area contributed by atoms with Crippen LogP contribution in [0.25, 0.3) is 0 Å². The molecule has 12 nitrogen and oxygen atoms in total. The minimum Gasteiger partial charge on any atom is -0.347 e. The summed E-state index contributed by atoms with van der Waals surface area (Å²) >= 11 is 0. The van der Waals surface area contributed by atoms with Gasteiger partial charge in [-0.3, -0.25) is 19.2 Å². The summed E-state index contributed by atoms with van der Waals surface area (Å²) < 4.78 is 173. The zero-order valence-electron chi connectivity index (χ0n) is 48.8. The number of Topliss-reactive ketones (excluding diaryl/α,β-unsaturated/α-hetero) is 1. The van der Waals surface area contributed by atoms with Crippen LogP contribution in [-0.4, -0.2) is 90.1 Å². The van der Waals surface area contributed by atoms with Crippen LogP contribution in [0.3, 0.4) is 0 Å². The molecule has 3 saturated carbocycles. The van der Waals surface area contributed by atoms with Crippen LogP contribution >= 0.6 is 0 Å². The molecule has 4 rings (SSSR count). The fourth-order valence-electron chi connectivity index (χ4n) is 5.93. The summed E-state index contributed by atoms with van der Waals surface area (Å²) in [6, 6.07) is -3.99. The minimum atomic E-state index is -4.73. The Morgan fingerprint density at radius 3 is 2.14 bits per heavy atom. The summed E-state index contributed by atoms with van der Waals surface area (Å²) in [4.78, 5) is 68.0. The van der Waals surface area contributed by atoms with Gasteiger partial charge in [0.05, 0.1) is 28.6 Å². The van der Waals surface area contributed by atoms with Crippen LogP contribution in [0.4, 0.5) is 4.79 Å². The maximum Gasteiger partial charge on any atom is 0.315 e. The first-order valence-electron chi connectivity index (χ1n) is 26.2. The molecular formula is C37H65N5O7S. The Hall–Kier alpha value is -2.70. The molecule has 0 aromatic heterocycles. The first-order chi connectivity index (χ1) is 30.5. The molecule has 286 valence electrons. The van der Waals surface area contributed by atoms with Crippen molar-refractivity contribution in [2.45, 2.75) is 161 Å². The van der Waals surface area contributed by atoms with Crippen LogP contribution in [0.1, 0.15) is 159 Å². The third-order valence-electron chi connectivity index (χ3n) is 9.16. The Morgan fingerprint density at radius 2 is 1.62 bits per heavy atom. The summed E-state index contributed by atoms with van der Waals surface area (Å²) in [7, 11) is -4.73. The number of carbonyl (C=O) groups excluding carboxylic acids is 5. The average molecular weight is 743 g/mol. The monoisotopic (exact) mass is 743 g/mol. The minimum absolute atomic E-state index is 0.0575. The van der Waals surface area contributed by atoms with Crippen molar-refractivity contribution in [3.63, 3.8) is 0 Å². The third kappa shape index (κ3) is 11.1. The van der Waals surface area contributed by atoms with Crippen molar-refractivity contribution < 1.29 is 58.4 Å². The van der Waals surface area contributed by atoms with Crippen molar-refractivity contribution in [1.82, 2.24) is 26.2 Å². The lowest BCUT2D eigenvalue weighted by Crippen LogP contribution is -2.59. The highest BCUT2D eigenvalue weighted by molar-refractivity contribution is 7.92. The van der Waals surface area contributed by atoms with Gasteiger partial charge in [-0.25, -0.2) is 13.2 Å². The number of urea groups is 1. The van der Waals surface area contributed by atoms with Crippen molar-refractivity contribution in [2.75, 3.05) is 18.8 Å². The molecule has 0 spiro atoms. The zero-order valence-corrected chi connectivity index (χ0v) is 30.6. The Kier molecular flexibility index (Phi) is 6.91. The molecule has 4 N–H and O–H groups in total. The highest BCUT2D eigenvalue weighted by Gasteiger charge is 2.69. The van der Waals surface area contributed by atoms with Crippen LogP contribution in [0.15, 0.2) is 0 Å². The summed E-state index contributed by atoms with van der Waals surface area (Å²) in [5, 5.41) is 9.21. The van der Waals surface area contributed by atoms with Gasteiger partial charge in [-0.15, -0.1) is 0 Å². The third-order valence-corrected chi connectivity index (χ3v) is 11.8. The molecule has 13 heteroatoms. The van der Waals surface area contributed by atoms with Gasteiger partial charge in [0, 0.05) is 38.6 Å². The van der Waals surface area contributed by atoms with Crippen molar-refractivity contribution >= 4 is 39.4 Å². The summed E-state index contributed by atoms with van der Waals surface area (Å²) in [6.07, 6.45) is -16.8. The molecule has 1 aliphatic heterocycles. The molecule has 50 heavy (non-hydrogen) atoms. The van der Waals surface area contributed by atoms with Gasteiger partial charge in [-0.1, -0.05) is 80.2 Å². The Bertz CT molecular complexity index is 2050. The predicted octanol–water partition coefficient (Wildman–Crippen LogP) is 4.26. The largest absolute Gasteiger partial charge is 0.347 e. The van der Waals surface area contributed by atoms with Crippen LogP contribution in [0.5, 0.6) is 0 Å². The first kappa shape index (κ1) is 21.7. The maximum absolute atomic E-state index is 13.9. The number of unbranched alkanes of at least 4 members (excludes halogenated alkanes) is 1. The zero-order chi connectivity index (χ0) is 54.3. The lowest BCUT2D eigenvalue weighted by Gasteiger charge is -2.39. The SMILES string of the molecule is [2H]C([2H])([2H])C(C)(C([2H])([2H])[2H])C([2H])([2H])[2H].[2H]C1([2H])C([2H])([2H])C([2H])([2H])C(CS(=O)(=O)C(C)(C)C)(NC(=O)NCC(=O)N2C[C@H]3[C@@H]([C@H]2C(=O)N[C@@H](CCCC)C(=O)C(=O)NC2CC2)C3(C)C)C([2H])([2H])C1([2H])[2H]. The number of nitrogens with one attached hydrogen (secondary N) is 4. The van der Waals surface area contributed by atoms with Gasteiger partial charge in [0.25, 0.3) is 5.91 Å². The molecule has 3 aliphatic carbocycles. The van der Waals surface area contributed by atoms with Gasteiger partial charge in [-0.05, 0) is 75.4 Å². The van der Waals surface area contributed by atoms with Crippen LogP contribution in [-0.2, 0) is 29.0 Å². The lowest BCUT2D eigenvalue weighted by atomic mass is 9.83. The number of likely N-dealkylation sites (tertiary alicyclic amines) is 1. The maximum atomic E-state index is 13.9. The van der Waals surface area contributed by atoms with Gasteiger partial charge in [0.1, 0.15) is 6.04 Å². The number of carbonyl (C=O) groups is 5. The normalized spacial score (nSPS) is 35.9. The van der Waals surface area contributed by atoms with E-state index >= 15 is 0 Å². The van der Waals surface area contributed by atoms with E-state index in [-0.39, 0.29) is 36.3 Å². The highest BCUT2D eigenvalue weighted by Crippen LogP contribution is 2.64. The van der Waals surface area contributed by atoms with Gasteiger partial charge >= 0.3 is 6.03 Å². The van der Waals surface area contributed by atoms with Crippen molar-refractivity contribution in [2.24, 2.45) is 22.7 Å². The number of fused-ring (bicyclic) bond motifs is 1. The highest BCUT2D eigenvalue weighted by atomic mass is 32.2. The lowest BCUT2D eigenvalue weighted by molar-refractivity contribution is -0.143. The molecular weight excluding hydrogens is 659 g/mol. The number of rotatable bonds is 13. The number of ketones is 1. The Balaban J connectivity index is 0.000000777. The van der Waals surface area contributed by atoms with Gasteiger partial charge in [-0.2, -0.15) is 0 Å². The van der Waals surface area contributed by atoms with Crippen molar-refractivity contribution in [3.05, 3.63) is 0 Å². The fourth-order valence-corrected chi connectivity index (χ4v) is 7.15. The predicted molar refractivity (Wildman–Crippen MR) is 195 cm³/mol. The Labute approximate surface area is 327 Å². The quantitative estimate of drug-likeness (QED) is 0.204. The Morgan fingerprint density at radius 1 is 1.00 bits per heavy atom. The number of piperidine rings is 1. The van der Waals surface area contributed by atoms with Gasteiger partial charge < -0.3 is 26.2 Å². The number of nitrogens with zero attached hydrogens (tertiary/aromatic N) is 1. The fraction of sp³-hybridized carbons (Fsp3) is 0.865. The summed E-state index contributed by atoms with van der Waals surface area (Å²) in [5.41, 5.74) is -6.69. The van der Waals surface area contributed by atoms with E-state index in [2.05, 4.69) is 16.0 Å². The molecule has 4 aliphatic rings. The van der Waals surface area contributed by atoms with E-state index in [1.807, 2.05) is 26.1 Å². The summed E-state index contributed by atoms with van der Waals surface area (Å²) in [6.45, 7) is -0.0896.